The van der Waals surface area contributed by atoms with Gasteiger partial charge in [0.2, 0.25) is 0 Å². The lowest BCUT2D eigenvalue weighted by Crippen LogP contribution is -2.33. The van der Waals surface area contributed by atoms with Crippen molar-refractivity contribution < 1.29 is 0 Å². The van der Waals surface area contributed by atoms with Gasteiger partial charge in [-0.3, -0.25) is 0 Å². The number of hydrogen-bond acceptors (Lipinski definition) is 4. The average Bonchev–Trinajstić information content (AvgIpc) is 2.39. The summed E-state index contributed by atoms with van der Waals surface area (Å²) in [6, 6.07) is 2.03. The van der Waals surface area contributed by atoms with E-state index in [0.717, 1.165) is 30.4 Å². The highest BCUT2D eigenvalue weighted by Crippen LogP contribution is 2.13. The van der Waals surface area contributed by atoms with Crippen LogP contribution in [-0.4, -0.2) is 41.0 Å². The van der Waals surface area contributed by atoms with Gasteiger partial charge < -0.3 is 10.2 Å². The maximum Gasteiger partial charge on any atom is 0.133 e. The van der Waals surface area contributed by atoms with E-state index in [4.69, 9.17) is 0 Å². The number of anilines is 1. The van der Waals surface area contributed by atoms with Crippen molar-refractivity contribution in [2.75, 3.05) is 31.5 Å². The lowest BCUT2D eigenvalue weighted by molar-refractivity contribution is 0.237. The molecule has 1 fully saturated rings. The zero-order chi connectivity index (χ0) is 13.7. The fourth-order valence-electron chi connectivity index (χ4n) is 2.47. The fraction of sp³-hybridized carbons (Fsp3) is 0.733. The van der Waals surface area contributed by atoms with Crippen LogP contribution < -0.4 is 5.32 Å². The van der Waals surface area contributed by atoms with E-state index >= 15 is 0 Å². The van der Waals surface area contributed by atoms with E-state index < -0.39 is 0 Å². The second kappa shape index (κ2) is 6.85. The summed E-state index contributed by atoms with van der Waals surface area (Å²) < 4.78 is 0. The summed E-state index contributed by atoms with van der Waals surface area (Å²) in [5.41, 5.74) is 1.04. The molecule has 1 N–H and O–H groups in total. The Labute approximate surface area is 116 Å². The molecule has 0 bridgehead atoms. The summed E-state index contributed by atoms with van der Waals surface area (Å²) in [7, 11) is 0. The van der Waals surface area contributed by atoms with Gasteiger partial charge in [-0.15, -0.1) is 0 Å². The maximum absolute atomic E-state index is 4.57. The Bertz CT molecular complexity index is 397. The molecule has 0 amide bonds. The molecule has 106 valence electrons. The van der Waals surface area contributed by atoms with Crippen molar-refractivity contribution in [1.82, 2.24) is 14.9 Å². The molecule has 0 atom stereocenters. The molecule has 2 heterocycles. The molecule has 1 aromatic heterocycles. The molecular weight excluding hydrogens is 236 g/mol. The van der Waals surface area contributed by atoms with Crippen LogP contribution in [0.4, 0.5) is 5.82 Å². The van der Waals surface area contributed by atoms with E-state index in [9.17, 15) is 0 Å². The van der Waals surface area contributed by atoms with E-state index in [1.165, 1.54) is 32.4 Å². The monoisotopic (exact) mass is 262 g/mol. The van der Waals surface area contributed by atoms with Crippen LogP contribution in [0.15, 0.2) is 6.07 Å². The van der Waals surface area contributed by atoms with Crippen LogP contribution in [0.1, 0.15) is 50.5 Å². The smallest absolute Gasteiger partial charge is 0.133 e. The largest absolute Gasteiger partial charge is 0.369 e. The van der Waals surface area contributed by atoms with Crippen molar-refractivity contribution in [3.05, 3.63) is 17.6 Å². The summed E-state index contributed by atoms with van der Waals surface area (Å²) in [5, 5.41) is 3.44. The minimum Gasteiger partial charge on any atom is -0.369 e. The zero-order valence-corrected chi connectivity index (χ0v) is 12.4. The molecule has 1 aliphatic heterocycles. The molecule has 4 heteroatoms. The highest BCUT2D eigenvalue weighted by Gasteiger charge is 2.10. The summed E-state index contributed by atoms with van der Waals surface area (Å²) in [6.45, 7) is 10.9. The molecule has 1 aliphatic rings. The minimum atomic E-state index is 0.377. The Kier molecular flexibility index (Phi) is 5.14. The number of hydrogen-bond donors (Lipinski definition) is 1. The number of nitrogens with one attached hydrogen (secondary N) is 1. The Morgan fingerprint density at radius 1 is 1.21 bits per heavy atom. The van der Waals surface area contributed by atoms with Gasteiger partial charge in [0.05, 0.1) is 0 Å². The molecule has 2 rings (SSSR count). The van der Waals surface area contributed by atoms with Gasteiger partial charge in [-0.2, -0.15) is 0 Å². The third-order valence-corrected chi connectivity index (χ3v) is 3.57. The standard InChI is InChI=1S/C15H26N4/c1-12(2)15-17-13(3)11-14(18-15)16-7-10-19-8-5-4-6-9-19/h11-12H,4-10H2,1-3H3,(H,16,17,18). The minimum absolute atomic E-state index is 0.377. The summed E-state index contributed by atoms with van der Waals surface area (Å²) in [4.78, 5) is 11.6. The first-order chi connectivity index (χ1) is 9.15. The van der Waals surface area contributed by atoms with Crippen molar-refractivity contribution in [1.29, 1.82) is 0 Å². The fourth-order valence-corrected chi connectivity index (χ4v) is 2.47. The van der Waals surface area contributed by atoms with Crippen LogP contribution in [0.3, 0.4) is 0 Å². The Morgan fingerprint density at radius 3 is 2.63 bits per heavy atom. The predicted octanol–water partition coefficient (Wildman–Crippen LogP) is 2.81. The third-order valence-electron chi connectivity index (χ3n) is 3.57. The van der Waals surface area contributed by atoms with Crippen LogP contribution in [0, 0.1) is 6.92 Å². The van der Waals surface area contributed by atoms with Crippen LogP contribution in [0.5, 0.6) is 0 Å². The van der Waals surface area contributed by atoms with Crippen molar-refractivity contribution in [3.63, 3.8) is 0 Å². The molecule has 0 saturated carbocycles. The molecule has 0 spiro atoms. The second-order valence-electron chi connectivity index (χ2n) is 5.74. The lowest BCUT2D eigenvalue weighted by Gasteiger charge is -2.26. The predicted molar refractivity (Wildman–Crippen MR) is 79.6 cm³/mol. The summed E-state index contributed by atoms with van der Waals surface area (Å²) in [6.07, 6.45) is 4.10. The molecule has 1 saturated heterocycles. The van der Waals surface area contributed by atoms with E-state index in [2.05, 4.69) is 34.0 Å². The molecule has 0 aromatic carbocycles. The number of aromatic nitrogens is 2. The maximum atomic E-state index is 4.57. The number of likely N-dealkylation sites (tertiary alicyclic amines) is 1. The molecule has 4 nitrogen and oxygen atoms in total. The molecule has 19 heavy (non-hydrogen) atoms. The lowest BCUT2D eigenvalue weighted by atomic mass is 10.1. The SMILES string of the molecule is Cc1cc(NCCN2CCCCC2)nc(C(C)C)n1. The number of piperidine rings is 1. The summed E-state index contributed by atoms with van der Waals surface area (Å²) in [5.74, 6) is 2.27. The van der Waals surface area contributed by atoms with Gasteiger partial charge in [-0.1, -0.05) is 20.3 Å². The number of nitrogens with zero attached hydrogens (tertiary/aromatic N) is 3. The van der Waals surface area contributed by atoms with Crippen LogP contribution >= 0.6 is 0 Å². The molecule has 0 radical (unpaired) electrons. The second-order valence-corrected chi connectivity index (χ2v) is 5.74. The quantitative estimate of drug-likeness (QED) is 0.886. The van der Waals surface area contributed by atoms with Gasteiger partial charge in [0.25, 0.3) is 0 Å². The van der Waals surface area contributed by atoms with Crippen molar-refractivity contribution >= 4 is 5.82 Å². The van der Waals surface area contributed by atoms with Crippen molar-refractivity contribution in [2.45, 2.75) is 46.0 Å². The third kappa shape index (κ3) is 4.46. The highest BCUT2D eigenvalue weighted by atomic mass is 15.1. The topological polar surface area (TPSA) is 41.0 Å². The molecule has 0 aliphatic carbocycles. The van der Waals surface area contributed by atoms with Gasteiger partial charge in [0, 0.05) is 30.8 Å². The van der Waals surface area contributed by atoms with Gasteiger partial charge in [0.1, 0.15) is 11.6 Å². The molecular formula is C15H26N4. The first kappa shape index (κ1) is 14.3. The number of aryl methyl sites for hydroxylation is 1. The van der Waals surface area contributed by atoms with Crippen LogP contribution in [0.2, 0.25) is 0 Å². The molecule has 1 aromatic rings. The number of rotatable bonds is 5. The van der Waals surface area contributed by atoms with Gasteiger partial charge in [-0.05, 0) is 32.9 Å². The summed E-state index contributed by atoms with van der Waals surface area (Å²) >= 11 is 0. The van der Waals surface area contributed by atoms with Gasteiger partial charge in [0.15, 0.2) is 0 Å². The van der Waals surface area contributed by atoms with Gasteiger partial charge >= 0.3 is 0 Å². The normalized spacial score (nSPS) is 16.8. The first-order valence-electron chi connectivity index (χ1n) is 7.47. The van der Waals surface area contributed by atoms with Gasteiger partial charge in [-0.25, -0.2) is 9.97 Å². The Morgan fingerprint density at radius 2 is 1.95 bits per heavy atom. The highest BCUT2D eigenvalue weighted by molar-refractivity contribution is 5.36. The average molecular weight is 262 g/mol. The van der Waals surface area contributed by atoms with E-state index in [1.807, 2.05) is 13.0 Å². The Hall–Kier alpha value is -1.16. The first-order valence-corrected chi connectivity index (χ1v) is 7.47. The van der Waals surface area contributed by atoms with Crippen molar-refractivity contribution in [2.24, 2.45) is 0 Å². The zero-order valence-electron chi connectivity index (χ0n) is 12.4. The van der Waals surface area contributed by atoms with E-state index in [1.54, 1.807) is 0 Å². The Balaban J connectivity index is 1.84. The van der Waals surface area contributed by atoms with Crippen molar-refractivity contribution in [3.8, 4) is 0 Å². The van der Waals surface area contributed by atoms with Crippen LogP contribution in [0.25, 0.3) is 0 Å². The molecule has 0 unspecified atom stereocenters. The van der Waals surface area contributed by atoms with E-state index in [-0.39, 0.29) is 0 Å². The van der Waals surface area contributed by atoms with Crippen LogP contribution in [-0.2, 0) is 0 Å². The van der Waals surface area contributed by atoms with E-state index in [0.29, 0.717) is 5.92 Å².